The van der Waals surface area contributed by atoms with E-state index in [0.717, 1.165) is 22.6 Å². The van der Waals surface area contributed by atoms with Crippen LogP contribution in [0.25, 0.3) is 0 Å². The van der Waals surface area contributed by atoms with Gasteiger partial charge in [0.2, 0.25) is 0 Å². The molecule has 1 aromatic carbocycles. The first-order valence-corrected chi connectivity index (χ1v) is 6.03. The second-order valence-electron chi connectivity index (χ2n) is 4.48. The Hall–Kier alpha value is -1.87. The molecule has 2 aromatic rings. The van der Waals surface area contributed by atoms with E-state index in [0.29, 0.717) is 0 Å². The summed E-state index contributed by atoms with van der Waals surface area (Å²) in [5.41, 5.74) is 3.00. The molecule has 0 aliphatic heterocycles. The molecule has 94 valence electrons. The van der Waals surface area contributed by atoms with Crippen LogP contribution in [0.2, 0.25) is 0 Å². The Morgan fingerprint density at radius 1 is 1.22 bits per heavy atom. The van der Waals surface area contributed by atoms with Gasteiger partial charge in [0.05, 0.1) is 6.10 Å². The van der Waals surface area contributed by atoms with Gasteiger partial charge in [0.15, 0.2) is 0 Å². The maximum Gasteiger partial charge on any atom is 0.135 e. The molecular formula is C15H18N2O. The average molecular weight is 242 g/mol. The summed E-state index contributed by atoms with van der Waals surface area (Å²) < 4.78 is 0. The van der Waals surface area contributed by atoms with E-state index >= 15 is 0 Å². The van der Waals surface area contributed by atoms with Gasteiger partial charge in [-0.25, -0.2) is 4.98 Å². The van der Waals surface area contributed by atoms with E-state index in [9.17, 15) is 5.11 Å². The van der Waals surface area contributed by atoms with Crippen molar-refractivity contribution in [3.63, 3.8) is 0 Å². The van der Waals surface area contributed by atoms with Crippen LogP contribution < -0.4 is 4.90 Å². The Kier molecular flexibility index (Phi) is 3.63. The van der Waals surface area contributed by atoms with Crippen LogP contribution in [0, 0.1) is 6.92 Å². The van der Waals surface area contributed by atoms with E-state index in [4.69, 9.17) is 0 Å². The third-order valence-electron chi connectivity index (χ3n) is 3.02. The Balaban J connectivity index is 2.34. The third-order valence-corrected chi connectivity index (χ3v) is 3.02. The van der Waals surface area contributed by atoms with Crippen LogP contribution in [0.15, 0.2) is 42.6 Å². The molecule has 1 heterocycles. The van der Waals surface area contributed by atoms with Crippen molar-refractivity contribution in [2.45, 2.75) is 20.0 Å². The predicted octanol–water partition coefficient (Wildman–Crippen LogP) is 3.21. The van der Waals surface area contributed by atoms with Gasteiger partial charge in [-0.2, -0.15) is 0 Å². The van der Waals surface area contributed by atoms with Crippen LogP contribution in [-0.4, -0.2) is 17.1 Å². The van der Waals surface area contributed by atoms with Crippen molar-refractivity contribution in [2.75, 3.05) is 11.9 Å². The number of hydrogen-bond donors (Lipinski definition) is 1. The maximum absolute atomic E-state index is 9.54. The summed E-state index contributed by atoms with van der Waals surface area (Å²) in [6.07, 6.45) is 1.25. The molecule has 1 atom stereocenters. The molecule has 0 fully saturated rings. The largest absolute Gasteiger partial charge is 0.389 e. The van der Waals surface area contributed by atoms with Gasteiger partial charge < -0.3 is 10.0 Å². The second kappa shape index (κ2) is 5.19. The molecular weight excluding hydrogens is 224 g/mol. The first-order chi connectivity index (χ1) is 8.59. The molecule has 0 spiro atoms. The number of anilines is 2. The van der Waals surface area contributed by atoms with E-state index < -0.39 is 6.10 Å². The highest BCUT2D eigenvalue weighted by Gasteiger charge is 2.10. The molecule has 0 saturated heterocycles. The number of rotatable bonds is 3. The fraction of sp³-hybridized carbons (Fsp3) is 0.267. The Morgan fingerprint density at radius 3 is 2.44 bits per heavy atom. The number of aliphatic hydroxyl groups is 1. The lowest BCUT2D eigenvalue weighted by Gasteiger charge is -2.21. The number of aliphatic hydroxyl groups excluding tert-OH is 1. The minimum Gasteiger partial charge on any atom is -0.389 e. The van der Waals surface area contributed by atoms with Gasteiger partial charge in [0, 0.05) is 18.9 Å². The third kappa shape index (κ3) is 2.51. The molecule has 0 aliphatic carbocycles. The van der Waals surface area contributed by atoms with Gasteiger partial charge in [-0.05, 0) is 43.2 Å². The summed E-state index contributed by atoms with van der Waals surface area (Å²) in [5, 5.41) is 9.54. The molecule has 3 nitrogen and oxygen atoms in total. The van der Waals surface area contributed by atoms with Crippen LogP contribution in [0.1, 0.15) is 24.2 Å². The molecule has 0 unspecified atom stereocenters. The minimum atomic E-state index is -0.479. The van der Waals surface area contributed by atoms with Gasteiger partial charge in [0.25, 0.3) is 0 Å². The zero-order valence-corrected chi connectivity index (χ0v) is 11.0. The van der Waals surface area contributed by atoms with Crippen molar-refractivity contribution in [1.29, 1.82) is 0 Å². The quantitative estimate of drug-likeness (QED) is 0.897. The Morgan fingerprint density at radius 2 is 1.89 bits per heavy atom. The van der Waals surface area contributed by atoms with E-state index in [2.05, 4.69) is 4.98 Å². The van der Waals surface area contributed by atoms with Crippen LogP contribution in [0.3, 0.4) is 0 Å². The monoisotopic (exact) mass is 242 g/mol. The molecule has 0 radical (unpaired) electrons. The first kappa shape index (κ1) is 12.6. The molecule has 0 aliphatic rings. The minimum absolute atomic E-state index is 0.479. The number of hydrogen-bond acceptors (Lipinski definition) is 3. The maximum atomic E-state index is 9.54. The van der Waals surface area contributed by atoms with Crippen molar-refractivity contribution in [3.8, 4) is 0 Å². The van der Waals surface area contributed by atoms with Gasteiger partial charge >= 0.3 is 0 Å². The number of pyridine rings is 1. The number of nitrogens with zero attached hydrogens (tertiary/aromatic N) is 2. The van der Waals surface area contributed by atoms with E-state index in [1.54, 1.807) is 13.1 Å². The van der Waals surface area contributed by atoms with Crippen LogP contribution in [0.5, 0.6) is 0 Å². The van der Waals surface area contributed by atoms with E-state index in [1.807, 2.05) is 55.3 Å². The van der Waals surface area contributed by atoms with Crippen LogP contribution in [-0.2, 0) is 0 Å². The lowest BCUT2D eigenvalue weighted by Crippen LogP contribution is -2.13. The molecule has 0 amide bonds. The fourth-order valence-electron chi connectivity index (χ4n) is 1.94. The summed E-state index contributed by atoms with van der Waals surface area (Å²) in [6.45, 7) is 3.75. The molecule has 1 N–H and O–H groups in total. The summed E-state index contributed by atoms with van der Waals surface area (Å²) >= 11 is 0. The fourth-order valence-corrected chi connectivity index (χ4v) is 1.94. The van der Waals surface area contributed by atoms with Crippen LogP contribution >= 0.6 is 0 Å². The number of benzene rings is 1. The summed E-state index contributed by atoms with van der Waals surface area (Å²) in [6, 6.07) is 12.1. The molecule has 2 rings (SSSR count). The average Bonchev–Trinajstić information content (AvgIpc) is 2.38. The van der Waals surface area contributed by atoms with Crippen molar-refractivity contribution in [2.24, 2.45) is 0 Å². The molecule has 18 heavy (non-hydrogen) atoms. The van der Waals surface area contributed by atoms with Crippen molar-refractivity contribution in [3.05, 3.63) is 53.7 Å². The SMILES string of the molecule is Cc1cc([C@H](C)O)cnc1N(C)c1ccccc1. The smallest absolute Gasteiger partial charge is 0.135 e. The van der Waals surface area contributed by atoms with E-state index in [-0.39, 0.29) is 0 Å². The zero-order chi connectivity index (χ0) is 13.1. The Bertz CT molecular complexity index is 523. The molecule has 0 saturated carbocycles. The summed E-state index contributed by atoms with van der Waals surface area (Å²) in [5.74, 6) is 0.908. The molecule has 3 heteroatoms. The predicted molar refractivity (Wildman–Crippen MR) is 74.1 cm³/mol. The van der Waals surface area contributed by atoms with Gasteiger partial charge in [0.1, 0.15) is 5.82 Å². The highest BCUT2D eigenvalue weighted by atomic mass is 16.3. The van der Waals surface area contributed by atoms with Crippen molar-refractivity contribution >= 4 is 11.5 Å². The van der Waals surface area contributed by atoms with Gasteiger partial charge in [-0.1, -0.05) is 18.2 Å². The normalized spacial score (nSPS) is 12.2. The zero-order valence-electron chi connectivity index (χ0n) is 11.0. The van der Waals surface area contributed by atoms with Crippen LogP contribution in [0.4, 0.5) is 11.5 Å². The number of aromatic nitrogens is 1. The van der Waals surface area contributed by atoms with Gasteiger partial charge in [-0.3, -0.25) is 0 Å². The highest BCUT2D eigenvalue weighted by Crippen LogP contribution is 2.26. The first-order valence-electron chi connectivity index (χ1n) is 6.03. The molecule has 0 bridgehead atoms. The number of aryl methyl sites for hydroxylation is 1. The summed E-state index contributed by atoms with van der Waals surface area (Å²) in [7, 11) is 1.99. The second-order valence-corrected chi connectivity index (χ2v) is 4.48. The highest BCUT2D eigenvalue weighted by molar-refractivity contribution is 5.61. The topological polar surface area (TPSA) is 36.4 Å². The number of para-hydroxylation sites is 1. The lowest BCUT2D eigenvalue weighted by atomic mass is 10.1. The lowest BCUT2D eigenvalue weighted by molar-refractivity contribution is 0.199. The standard InChI is InChI=1S/C15H18N2O/c1-11-9-13(12(2)18)10-16-15(11)17(3)14-7-5-4-6-8-14/h4-10,12,18H,1-3H3/t12-/m0/s1. The molecule has 1 aromatic heterocycles. The Labute approximate surface area is 108 Å². The van der Waals surface area contributed by atoms with Crippen molar-refractivity contribution in [1.82, 2.24) is 4.98 Å². The summed E-state index contributed by atoms with van der Waals surface area (Å²) in [4.78, 5) is 6.48. The van der Waals surface area contributed by atoms with E-state index in [1.165, 1.54) is 0 Å². The van der Waals surface area contributed by atoms with Gasteiger partial charge in [-0.15, -0.1) is 0 Å². The van der Waals surface area contributed by atoms with Crippen molar-refractivity contribution < 1.29 is 5.11 Å².